The third kappa shape index (κ3) is 3.26. The van der Waals surface area contributed by atoms with Gasteiger partial charge in [0.2, 0.25) is 5.95 Å². The number of anilines is 1. The number of allylic oxidation sites excluding steroid dienone is 1. The van der Waals surface area contributed by atoms with E-state index in [9.17, 15) is 4.79 Å². The average Bonchev–Trinajstić information content (AvgIpc) is 2.79. The first-order valence-corrected chi connectivity index (χ1v) is 10.5. The van der Waals surface area contributed by atoms with Crippen LogP contribution >= 0.6 is 11.3 Å². The van der Waals surface area contributed by atoms with Gasteiger partial charge in [-0.2, -0.15) is 0 Å². The van der Waals surface area contributed by atoms with Crippen molar-refractivity contribution in [3.8, 4) is 0 Å². The van der Waals surface area contributed by atoms with Gasteiger partial charge in [-0.15, -0.1) is 17.9 Å². The molecule has 0 spiro atoms. The van der Waals surface area contributed by atoms with Gasteiger partial charge in [-0.1, -0.05) is 31.8 Å². The van der Waals surface area contributed by atoms with Crippen LogP contribution in [0.3, 0.4) is 0 Å². The van der Waals surface area contributed by atoms with Gasteiger partial charge in [-0.25, -0.2) is 4.98 Å². The summed E-state index contributed by atoms with van der Waals surface area (Å²) in [5.41, 5.74) is 1.38. The van der Waals surface area contributed by atoms with Crippen LogP contribution in [0.4, 0.5) is 5.95 Å². The monoisotopic (exact) mass is 357 g/mol. The molecular formula is C20H27N3OS. The zero-order chi connectivity index (χ0) is 17.2. The third-order valence-electron chi connectivity index (χ3n) is 5.57. The van der Waals surface area contributed by atoms with Crippen molar-refractivity contribution in [2.45, 2.75) is 76.8 Å². The number of aryl methyl sites for hydroxylation is 2. The molecule has 1 fully saturated rings. The largest absolute Gasteiger partial charge is 0.353 e. The standard InChI is InChI=1S/C20H27N3OS/c1-2-13-23-19(24)17-15-11-7-8-12-16(15)25-18(17)22-20(23)21-14-9-5-3-4-6-10-14/h2,14H,1,3-13H2,(H,21,22). The summed E-state index contributed by atoms with van der Waals surface area (Å²) in [5.74, 6) is 0.739. The molecule has 1 saturated carbocycles. The minimum Gasteiger partial charge on any atom is -0.353 e. The smallest absolute Gasteiger partial charge is 0.264 e. The molecule has 134 valence electrons. The molecule has 2 aromatic heterocycles. The normalized spacial score (nSPS) is 18.7. The Hall–Kier alpha value is -1.62. The fourth-order valence-corrected chi connectivity index (χ4v) is 5.51. The van der Waals surface area contributed by atoms with Crippen LogP contribution in [0.2, 0.25) is 0 Å². The maximum atomic E-state index is 13.2. The molecule has 0 aromatic carbocycles. The van der Waals surface area contributed by atoms with Crippen LogP contribution in [0.15, 0.2) is 17.4 Å². The number of rotatable bonds is 4. The number of nitrogens with one attached hydrogen (secondary N) is 1. The fourth-order valence-electron chi connectivity index (χ4n) is 4.25. The van der Waals surface area contributed by atoms with Gasteiger partial charge >= 0.3 is 0 Å². The topological polar surface area (TPSA) is 46.9 Å². The van der Waals surface area contributed by atoms with Crippen molar-refractivity contribution in [2.24, 2.45) is 0 Å². The average molecular weight is 358 g/mol. The molecule has 0 saturated heterocycles. The molecule has 4 nitrogen and oxygen atoms in total. The Bertz CT molecular complexity index is 828. The van der Waals surface area contributed by atoms with Gasteiger partial charge in [0.25, 0.3) is 5.56 Å². The van der Waals surface area contributed by atoms with Crippen molar-refractivity contribution in [2.75, 3.05) is 5.32 Å². The Kier molecular flexibility index (Phi) is 4.93. The summed E-state index contributed by atoms with van der Waals surface area (Å²) in [6.45, 7) is 4.36. The zero-order valence-corrected chi connectivity index (χ0v) is 15.7. The molecule has 0 amide bonds. The maximum absolute atomic E-state index is 13.2. The molecule has 2 heterocycles. The number of fused-ring (bicyclic) bond motifs is 3. The Morgan fingerprint density at radius 3 is 2.68 bits per heavy atom. The van der Waals surface area contributed by atoms with Crippen LogP contribution in [0.1, 0.15) is 61.8 Å². The first-order valence-electron chi connectivity index (χ1n) is 9.70. The van der Waals surface area contributed by atoms with Crippen molar-refractivity contribution in [1.29, 1.82) is 0 Å². The van der Waals surface area contributed by atoms with E-state index in [-0.39, 0.29) is 5.56 Å². The van der Waals surface area contributed by atoms with Gasteiger partial charge in [-0.3, -0.25) is 9.36 Å². The molecule has 5 heteroatoms. The Balaban J connectivity index is 1.78. The number of thiophene rings is 1. The summed E-state index contributed by atoms with van der Waals surface area (Å²) in [7, 11) is 0. The van der Waals surface area contributed by atoms with E-state index in [2.05, 4.69) is 11.9 Å². The fraction of sp³-hybridized carbons (Fsp3) is 0.600. The number of hydrogen-bond acceptors (Lipinski definition) is 4. The van der Waals surface area contributed by atoms with Gasteiger partial charge < -0.3 is 5.32 Å². The van der Waals surface area contributed by atoms with Crippen LogP contribution in [0.5, 0.6) is 0 Å². The Morgan fingerprint density at radius 1 is 1.16 bits per heavy atom. The summed E-state index contributed by atoms with van der Waals surface area (Å²) in [6, 6.07) is 0.428. The van der Waals surface area contributed by atoms with E-state index < -0.39 is 0 Å². The molecule has 0 bridgehead atoms. The highest BCUT2D eigenvalue weighted by atomic mass is 32.1. The molecule has 0 atom stereocenters. The molecule has 0 radical (unpaired) electrons. The molecule has 2 aliphatic rings. The van der Waals surface area contributed by atoms with Crippen molar-refractivity contribution >= 4 is 27.5 Å². The van der Waals surface area contributed by atoms with E-state index in [1.165, 1.54) is 61.8 Å². The lowest BCUT2D eigenvalue weighted by Gasteiger charge is -2.20. The highest BCUT2D eigenvalue weighted by Gasteiger charge is 2.23. The maximum Gasteiger partial charge on any atom is 0.264 e. The quantitative estimate of drug-likeness (QED) is 0.639. The van der Waals surface area contributed by atoms with Crippen LogP contribution in [-0.4, -0.2) is 15.6 Å². The van der Waals surface area contributed by atoms with Gasteiger partial charge in [-0.05, 0) is 44.1 Å². The van der Waals surface area contributed by atoms with Crippen molar-refractivity contribution in [1.82, 2.24) is 9.55 Å². The van der Waals surface area contributed by atoms with E-state index in [4.69, 9.17) is 4.98 Å². The van der Waals surface area contributed by atoms with E-state index in [1.54, 1.807) is 22.0 Å². The van der Waals surface area contributed by atoms with Gasteiger partial charge in [0, 0.05) is 17.5 Å². The van der Waals surface area contributed by atoms with Gasteiger partial charge in [0.15, 0.2) is 0 Å². The molecule has 0 unspecified atom stereocenters. The summed E-state index contributed by atoms with van der Waals surface area (Å²) in [4.78, 5) is 20.4. The minimum absolute atomic E-state index is 0.112. The van der Waals surface area contributed by atoms with Gasteiger partial charge in [0.05, 0.1) is 5.39 Å². The second-order valence-electron chi connectivity index (χ2n) is 7.36. The van der Waals surface area contributed by atoms with Crippen LogP contribution in [0.25, 0.3) is 10.2 Å². The molecule has 2 aromatic rings. The molecule has 0 aliphatic heterocycles. The van der Waals surface area contributed by atoms with Crippen LogP contribution in [0, 0.1) is 0 Å². The predicted molar refractivity (Wildman–Crippen MR) is 106 cm³/mol. The number of aromatic nitrogens is 2. The Morgan fingerprint density at radius 2 is 1.92 bits per heavy atom. The van der Waals surface area contributed by atoms with Crippen LogP contribution in [-0.2, 0) is 19.4 Å². The van der Waals surface area contributed by atoms with E-state index >= 15 is 0 Å². The molecule has 25 heavy (non-hydrogen) atoms. The second kappa shape index (κ2) is 7.32. The molecule has 2 aliphatic carbocycles. The van der Waals surface area contributed by atoms with Crippen molar-refractivity contribution in [3.05, 3.63) is 33.4 Å². The first kappa shape index (κ1) is 16.8. The lowest BCUT2D eigenvalue weighted by molar-refractivity contribution is 0.605. The van der Waals surface area contributed by atoms with Crippen molar-refractivity contribution in [3.63, 3.8) is 0 Å². The van der Waals surface area contributed by atoms with Gasteiger partial charge in [0.1, 0.15) is 4.83 Å². The highest BCUT2D eigenvalue weighted by Crippen LogP contribution is 2.34. The zero-order valence-electron chi connectivity index (χ0n) is 14.9. The van der Waals surface area contributed by atoms with E-state index in [1.807, 2.05) is 0 Å². The minimum atomic E-state index is 0.112. The van der Waals surface area contributed by atoms with E-state index in [0.29, 0.717) is 12.6 Å². The second-order valence-corrected chi connectivity index (χ2v) is 8.45. The summed E-state index contributed by atoms with van der Waals surface area (Å²) >= 11 is 1.73. The lowest BCUT2D eigenvalue weighted by atomic mass is 9.97. The first-order chi connectivity index (χ1) is 12.3. The number of hydrogen-bond donors (Lipinski definition) is 1. The summed E-state index contributed by atoms with van der Waals surface area (Å²) < 4.78 is 1.79. The van der Waals surface area contributed by atoms with Crippen molar-refractivity contribution < 1.29 is 0 Å². The molecule has 4 rings (SSSR count). The highest BCUT2D eigenvalue weighted by molar-refractivity contribution is 7.18. The molecule has 1 N–H and O–H groups in total. The number of nitrogens with zero attached hydrogens (tertiary/aromatic N) is 2. The lowest BCUT2D eigenvalue weighted by Crippen LogP contribution is -2.29. The predicted octanol–water partition coefficient (Wildman–Crippen LogP) is 4.66. The Labute approximate surface area is 153 Å². The SMILES string of the molecule is C=CCn1c(NC2CCCCCC2)nc2sc3c(c2c1=O)CCCC3. The molecular weight excluding hydrogens is 330 g/mol. The van der Waals surface area contributed by atoms with Crippen LogP contribution < -0.4 is 10.9 Å². The third-order valence-corrected chi connectivity index (χ3v) is 6.76. The summed E-state index contributed by atoms with van der Waals surface area (Å²) in [6.07, 6.45) is 13.8. The summed E-state index contributed by atoms with van der Waals surface area (Å²) in [5, 5.41) is 4.47. The van der Waals surface area contributed by atoms with E-state index in [0.717, 1.165) is 29.0 Å².